The van der Waals surface area contributed by atoms with Crippen LogP contribution in [-0.2, 0) is 0 Å². The highest BCUT2D eigenvalue weighted by atomic mass is 19.1. The second kappa shape index (κ2) is 8.77. The third-order valence-electron chi connectivity index (χ3n) is 3.79. The Labute approximate surface area is 161 Å². The predicted octanol–water partition coefficient (Wildman–Crippen LogP) is 4.12. The standard InChI is InChI=1S/C21H18FN3O3/c1-2-28-19-6-4-3-5-17(19)25-21(27)18-13-14(11-12-23-18)20(26)24-16-9-7-15(22)8-10-16/h3-13H,2H2,1H3,(H,24,26)(H,25,27). The molecule has 6 nitrogen and oxygen atoms in total. The van der Waals surface area contributed by atoms with Gasteiger partial charge in [0.1, 0.15) is 17.3 Å². The zero-order valence-electron chi connectivity index (χ0n) is 15.1. The second-order valence-corrected chi connectivity index (χ2v) is 5.77. The third kappa shape index (κ3) is 4.70. The summed E-state index contributed by atoms with van der Waals surface area (Å²) in [5.41, 5.74) is 1.29. The first-order valence-corrected chi connectivity index (χ1v) is 8.63. The minimum absolute atomic E-state index is 0.0815. The van der Waals surface area contributed by atoms with E-state index in [0.29, 0.717) is 23.7 Å². The van der Waals surface area contributed by atoms with Gasteiger partial charge in [-0.1, -0.05) is 12.1 Å². The van der Waals surface area contributed by atoms with Crippen LogP contribution in [0.3, 0.4) is 0 Å². The Morgan fingerprint density at radius 1 is 1.00 bits per heavy atom. The lowest BCUT2D eigenvalue weighted by Crippen LogP contribution is -2.17. The number of nitrogens with one attached hydrogen (secondary N) is 2. The van der Waals surface area contributed by atoms with Gasteiger partial charge in [-0.05, 0) is 55.5 Å². The summed E-state index contributed by atoms with van der Waals surface area (Å²) in [6.45, 7) is 2.31. The summed E-state index contributed by atoms with van der Waals surface area (Å²) >= 11 is 0. The molecule has 0 saturated carbocycles. The molecule has 0 unspecified atom stereocenters. The van der Waals surface area contributed by atoms with Crippen molar-refractivity contribution in [2.75, 3.05) is 17.2 Å². The minimum Gasteiger partial charge on any atom is -0.492 e. The van der Waals surface area contributed by atoms with E-state index in [4.69, 9.17) is 4.74 Å². The molecule has 0 atom stereocenters. The Bertz CT molecular complexity index is 990. The summed E-state index contributed by atoms with van der Waals surface area (Å²) in [6, 6.07) is 15.3. The van der Waals surface area contributed by atoms with E-state index in [9.17, 15) is 14.0 Å². The highest BCUT2D eigenvalue weighted by molar-refractivity contribution is 6.08. The summed E-state index contributed by atoms with van der Waals surface area (Å²) in [4.78, 5) is 29.0. The summed E-state index contributed by atoms with van der Waals surface area (Å²) < 4.78 is 18.5. The van der Waals surface area contributed by atoms with Gasteiger partial charge in [0.2, 0.25) is 0 Å². The summed E-state index contributed by atoms with van der Waals surface area (Å²) in [5, 5.41) is 5.38. The molecule has 0 aliphatic heterocycles. The topological polar surface area (TPSA) is 80.3 Å². The van der Waals surface area contributed by atoms with Gasteiger partial charge in [0.15, 0.2) is 0 Å². The highest BCUT2D eigenvalue weighted by Gasteiger charge is 2.14. The maximum Gasteiger partial charge on any atom is 0.274 e. The molecule has 3 aromatic rings. The van der Waals surface area contributed by atoms with Gasteiger partial charge in [-0.15, -0.1) is 0 Å². The molecule has 28 heavy (non-hydrogen) atoms. The largest absolute Gasteiger partial charge is 0.492 e. The number of para-hydroxylation sites is 2. The summed E-state index contributed by atoms with van der Waals surface area (Å²) in [7, 11) is 0. The second-order valence-electron chi connectivity index (χ2n) is 5.77. The van der Waals surface area contributed by atoms with E-state index in [-0.39, 0.29) is 11.3 Å². The normalized spacial score (nSPS) is 10.2. The molecule has 0 bridgehead atoms. The van der Waals surface area contributed by atoms with Crippen LogP contribution in [0.4, 0.5) is 15.8 Å². The molecule has 3 rings (SSSR count). The predicted molar refractivity (Wildman–Crippen MR) is 104 cm³/mol. The van der Waals surface area contributed by atoms with E-state index in [2.05, 4.69) is 15.6 Å². The number of nitrogens with zero attached hydrogens (tertiary/aromatic N) is 1. The van der Waals surface area contributed by atoms with Crippen LogP contribution in [0.25, 0.3) is 0 Å². The molecule has 1 aromatic heterocycles. The Morgan fingerprint density at radius 2 is 1.75 bits per heavy atom. The molecule has 2 N–H and O–H groups in total. The number of carbonyl (C=O) groups is 2. The van der Waals surface area contributed by atoms with Crippen LogP contribution in [0, 0.1) is 5.82 Å². The number of hydrogen-bond donors (Lipinski definition) is 2. The zero-order valence-corrected chi connectivity index (χ0v) is 15.1. The molecule has 7 heteroatoms. The van der Waals surface area contributed by atoms with Crippen molar-refractivity contribution in [2.24, 2.45) is 0 Å². The van der Waals surface area contributed by atoms with E-state index in [1.54, 1.807) is 24.3 Å². The molecule has 0 saturated heterocycles. The van der Waals surface area contributed by atoms with Gasteiger partial charge >= 0.3 is 0 Å². The number of amides is 2. The average Bonchev–Trinajstić information content (AvgIpc) is 2.71. The number of carbonyl (C=O) groups excluding carboxylic acids is 2. The van der Waals surface area contributed by atoms with Gasteiger partial charge in [0.25, 0.3) is 11.8 Å². The minimum atomic E-state index is -0.469. The zero-order chi connectivity index (χ0) is 19.9. The Hall–Kier alpha value is -3.74. The molecular formula is C21H18FN3O3. The lowest BCUT2D eigenvalue weighted by Gasteiger charge is -2.11. The Morgan fingerprint density at radius 3 is 2.50 bits per heavy atom. The van der Waals surface area contributed by atoms with Crippen molar-refractivity contribution in [1.82, 2.24) is 4.98 Å². The van der Waals surface area contributed by atoms with Gasteiger partial charge in [-0.3, -0.25) is 14.6 Å². The van der Waals surface area contributed by atoms with Crippen molar-refractivity contribution < 1.29 is 18.7 Å². The molecule has 0 spiro atoms. The van der Waals surface area contributed by atoms with Gasteiger partial charge in [-0.25, -0.2) is 4.39 Å². The van der Waals surface area contributed by atoms with Gasteiger partial charge in [0.05, 0.1) is 12.3 Å². The fourth-order valence-electron chi connectivity index (χ4n) is 2.47. The van der Waals surface area contributed by atoms with Crippen molar-refractivity contribution >= 4 is 23.2 Å². The van der Waals surface area contributed by atoms with E-state index in [0.717, 1.165) is 0 Å². The molecule has 2 aromatic carbocycles. The van der Waals surface area contributed by atoms with Crippen LogP contribution >= 0.6 is 0 Å². The van der Waals surface area contributed by atoms with E-state index in [1.807, 2.05) is 6.92 Å². The molecule has 1 heterocycles. The van der Waals surface area contributed by atoms with Crippen molar-refractivity contribution in [3.05, 3.63) is 83.9 Å². The number of aromatic nitrogens is 1. The summed E-state index contributed by atoms with van der Waals surface area (Å²) in [5.74, 6) is -0.752. The fourth-order valence-corrected chi connectivity index (χ4v) is 2.47. The molecular weight excluding hydrogens is 361 g/mol. The van der Waals surface area contributed by atoms with Gasteiger partial charge in [-0.2, -0.15) is 0 Å². The maximum atomic E-state index is 13.0. The number of rotatable bonds is 6. The molecule has 2 amide bonds. The van der Waals surface area contributed by atoms with Crippen molar-refractivity contribution in [3.63, 3.8) is 0 Å². The van der Waals surface area contributed by atoms with Crippen LogP contribution in [0.2, 0.25) is 0 Å². The van der Waals surface area contributed by atoms with Crippen LogP contribution in [0.5, 0.6) is 5.75 Å². The number of hydrogen-bond acceptors (Lipinski definition) is 4. The lowest BCUT2D eigenvalue weighted by atomic mass is 10.2. The van der Waals surface area contributed by atoms with Gasteiger partial charge < -0.3 is 15.4 Å². The number of anilines is 2. The first-order valence-electron chi connectivity index (χ1n) is 8.63. The van der Waals surface area contributed by atoms with Gasteiger partial charge in [0, 0.05) is 17.4 Å². The molecule has 0 radical (unpaired) electrons. The lowest BCUT2D eigenvalue weighted by molar-refractivity contribution is 0.102. The molecule has 0 fully saturated rings. The maximum absolute atomic E-state index is 13.0. The monoisotopic (exact) mass is 379 g/mol. The number of pyridine rings is 1. The van der Waals surface area contributed by atoms with Crippen molar-refractivity contribution in [2.45, 2.75) is 6.92 Å². The van der Waals surface area contributed by atoms with Crippen LogP contribution in [-0.4, -0.2) is 23.4 Å². The van der Waals surface area contributed by atoms with E-state index >= 15 is 0 Å². The Balaban J connectivity index is 1.74. The summed E-state index contributed by atoms with van der Waals surface area (Å²) in [6.07, 6.45) is 1.38. The van der Waals surface area contributed by atoms with Crippen LogP contribution in [0.15, 0.2) is 66.9 Å². The quantitative estimate of drug-likeness (QED) is 0.675. The van der Waals surface area contributed by atoms with E-state index in [1.165, 1.54) is 42.6 Å². The highest BCUT2D eigenvalue weighted by Crippen LogP contribution is 2.24. The third-order valence-corrected chi connectivity index (χ3v) is 3.79. The van der Waals surface area contributed by atoms with E-state index < -0.39 is 17.6 Å². The molecule has 0 aliphatic carbocycles. The fraction of sp³-hybridized carbons (Fsp3) is 0.0952. The number of benzene rings is 2. The van der Waals surface area contributed by atoms with Crippen LogP contribution in [0.1, 0.15) is 27.8 Å². The number of halogens is 1. The Kier molecular flexibility index (Phi) is 5.96. The molecule has 0 aliphatic rings. The number of ether oxygens (including phenoxy) is 1. The first-order chi connectivity index (χ1) is 13.6. The smallest absolute Gasteiger partial charge is 0.274 e. The SMILES string of the molecule is CCOc1ccccc1NC(=O)c1cc(C(=O)Nc2ccc(F)cc2)ccn1. The first kappa shape index (κ1) is 19.0. The average molecular weight is 379 g/mol. The van der Waals surface area contributed by atoms with Crippen molar-refractivity contribution in [3.8, 4) is 5.75 Å². The van der Waals surface area contributed by atoms with Crippen molar-refractivity contribution in [1.29, 1.82) is 0 Å². The molecule has 142 valence electrons. The van der Waals surface area contributed by atoms with Crippen LogP contribution < -0.4 is 15.4 Å².